The molecule has 0 saturated heterocycles. The summed E-state index contributed by atoms with van der Waals surface area (Å²) in [4.78, 5) is 15.8. The number of nitrogens with zero attached hydrogens (tertiary/aromatic N) is 3. The normalized spacial score (nSPS) is 12.7. The summed E-state index contributed by atoms with van der Waals surface area (Å²) < 4.78 is 0. The fraction of sp³-hybridized carbons (Fsp3) is 0. The highest BCUT2D eigenvalue weighted by Gasteiger charge is 2.50. The summed E-state index contributed by atoms with van der Waals surface area (Å²) >= 11 is 0. The number of hydrogen-bond acceptors (Lipinski definition) is 3. The minimum atomic E-state index is -2.84. The van der Waals surface area contributed by atoms with Gasteiger partial charge in [0.1, 0.15) is 0 Å². The molecule has 0 atom stereocenters. The molecule has 10 aromatic rings. The summed E-state index contributed by atoms with van der Waals surface area (Å²) in [6, 6.07) is 76.6. The van der Waals surface area contributed by atoms with E-state index in [1.54, 1.807) is 0 Å². The Kier molecular flexibility index (Phi) is 7.83. The highest BCUT2D eigenvalue weighted by atomic mass is 28.3. The minimum absolute atomic E-state index is 0.646. The average molecular weight is 742 g/mol. The van der Waals surface area contributed by atoms with Gasteiger partial charge in [0.2, 0.25) is 0 Å². The molecule has 0 aliphatic carbocycles. The van der Waals surface area contributed by atoms with Crippen LogP contribution in [0.15, 0.2) is 212 Å². The van der Waals surface area contributed by atoms with Gasteiger partial charge in [0.25, 0.3) is 0 Å². The van der Waals surface area contributed by atoms with Crippen LogP contribution in [0, 0.1) is 0 Å². The van der Waals surface area contributed by atoms with Crippen LogP contribution in [-0.4, -0.2) is 23.0 Å². The van der Waals surface area contributed by atoms with Gasteiger partial charge in [0.05, 0.1) is 0 Å². The summed E-state index contributed by atoms with van der Waals surface area (Å²) in [6.07, 6.45) is 0. The summed E-state index contributed by atoms with van der Waals surface area (Å²) in [5.41, 5.74) is 7.69. The zero-order valence-electron chi connectivity index (χ0n) is 31.0. The molecule has 1 aliphatic rings. The third-order valence-electron chi connectivity index (χ3n) is 11.6. The Bertz CT molecular complexity index is 3070. The maximum atomic E-state index is 5.34. The van der Waals surface area contributed by atoms with E-state index < -0.39 is 8.07 Å². The zero-order chi connectivity index (χ0) is 37.8. The standard InChI is InChI=1S/C53H35N3Si/c1-4-17-39(18-5-1)51-54-52(40-30-27-37(28-31-40)42-32-29-36-15-10-11-19-41(36)35-42)56-53(55-51)47-25-14-26-48-49(47)46-34-33-38-16-12-13-24-45(38)50(46)57(48,43-20-6-2-7-21-43)44-22-8-3-9-23-44/h1-35H. The molecule has 11 rings (SSSR count). The van der Waals surface area contributed by atoms with Gasteiger partial charge in [0.15, 0.2) is 25.5 Å². The average Bonchev–Trinajstić information content (AvgIpc) is 3.61. The van der Waals surface area contributed by atoms with E-state index in [9.17, 15) is 0 Å². The van der Waals surface area contributed by atoms with E-state index in [0.717, 1.165) is 22.3 Å². The summed E-state index contributed by atoms with van der Waals surface area (Å²) in [7, 11) is -2.84. The fourth-order valence-corrected chi connectivity index (χ4v) is 14.4. The molecule has 1 aromatic heterocycles. The third-order valence-corrected chi connectivity index (χ3v) is 16.5. The molecule has 0 fully saturated rings. The topological polar surface area (TPSA) is 38.7 Å². The minimum Gasteiger partial charge on any atom is -0.208 e. The lowest BCUT2D eigenvalue weighted by Gasteiger charge is -2.32. The van der Waals surface area contributed by atoms with Crippen molar-refractivity contribution in [2.24, 2.45) is 0 Å². The van der Waals surface area contributed by atoms with Gasteiger partial charge in [-0.2, -0.15) is 0 Å². The van der Waals surface area contributed by atoms with Crippen LogP contribution in [0.25, 0.3) is 78.0 Å². The number of benzene rings is 9. The molecule has 0 bridgehead atoms. The van der Waals surface area contributed by atoms with Crippen molar-refractivity contribution in [3.8, 4) is 56.4 Å². The Labute approximate surface area is 332 Å². The van der Waals surface area contributed by atoms with Crippen molar-refractivity contribution in [1.82, 2.24) is 15.0 Å². The lowest BCUT2D eigenvalue weighted by Crippen LogP contribution is -2.73. The van der Waals surface area contributed by atoms with Crippen LogP contribution in [0.2, 0.25) is 0 Å². The van der Waals surface area contributed by atoms with Crippen molar-refractivity contribution in [3.05, 3.63) is 212 Å². The van der Waals surface area contributed by atoms with Crippen LogP contribution in [0.4, 0.5) is 0 Å². The zero-order valence-corrected chi connectivity index (χ0v) is 32.0. The van der Waals surface area contributed by atoms with E-state index in [-0.39, 0.29) is 0 Å². The first kappa shape index (κ1) is 33.1. The maximum Gasteiger partial charge on any atom is 0.181 e. The number of rotatable bonds is 6. The molecular weight excluding hydrogens is 707 g/mol. The molecule has 57 heavy (non-hydrogen) atoms. The molecule has 266 valence electrons. The Hall–Kier alpha value is -7.27. The second-order valence-corrected chi connectivity index (χ2v) is 18.4. The van der Waals surface area contributed by atoms with Gasteiger partial charge in [-0.25, -0.2) is 15.0 Å². The molecule has 0 N–H and O–H groups in total. The first-order chi connectivity index (χ1) is 28.3. The highest BCUT2D eigenvalue weighted by Crippen LogP contribution is 2.39. The summed E-state index contributed by atoms with van der Waals surface area (Å²) in [5, 5.41) is 10.5. The van der Waals surface area contributed by atoms with E-state index in [1.807, 2.05) is 18.2 Å². The smallest absolute Gasteiger partial charge is 0.181 e. The molecule has 2 heterocycles. The quantitative estimate of drug-likeness (QED) is 0.159. The van der Waals surface area contributed by atoms with E-state index in [4.69, 9.17) is 15.0 Å². The van der Waals surface area contributed by atoms with Gasteiger partial charge in [-0.15, -0.1) is 0 Å². The molecule has 1 aliphatic heterocycles. The molecule has 3 nitrogen and oxygen atoms in total. The lowest BCUT2D eigenvalue weighted by molar-refractivity contribution is 1.07. The van der Waals surface area contributed by atoms with Crippen molar-refractivity contribution in [3.63, 3.8) is 0 Å². The Morgan fingerprint density at radius 1 is 0.316 bits per heavy atom. The van der Waals surface area contributed by atoms with E-state index in [0.29, 0.717) is 17.5 Å². The number of hydrogen-bond donors (Lipinski definition) is 0. The van der Waals surface area contributed by atoms with Crippen LogP contribution in [0.1, 0.15) is 0 Å². The van der Waals surface area contributed by atoms with Crippen molar-refractivity contribution >= 4 is 50.4 Å². The van der Waals surface area contributed by atoms with Crippen molar-refractivity contribution in [2.45, 2.75) is 0 Å². The highest BCUT2D eigenvalue weighted by molar-refractivity contribution is 7.23. The van der Waals surface area contributed by atoms with Gasteiger partial charge in [-0.05, 0) is 70.6 Å². The maximum absolute atomic E-state index is 5.34. The largest absolute Gasteiger partial charge is 0.208 e. The van der Waals surface area contributed by atoms with Gasteiger partial charge >= 0.3 is 0 Å². The molecular formula is C53H35N3Si. The predicted octanol–water partition coefficient (Wildman–Crippen LogP) is 10.2. The van der Waals surface area contributed by atoms with Gasteiger partial charge < -0.3 is 0 Å². The number of aromatic nitrogens is 3. The summed E-state index contributed by atoms with van der Waals surface area (Å²) in [5.74, 6) is 1.96. The first-order valence-corrected chi connectivity index (χ1v) is 21.4. The SMILES string of the molecule is c1ccc(-c2nc(-c3ccc(-c4ccc5ccccc5c4)cc3)nc(-c3cccc4c3-c3ccc5ccccc5c3[Si]4(c3ccccc3)c3ccccc3)n2)cc1. The Morgan fingerprint density at radius 2 is 0.842 bits per heavy atom. The predicted molar refractivity (Wildman–Crippen MR) is 239 cm³/mol. The molecule has 0 unspecified atom stereocenters. The van der Waals surface area contributed by atoms with Crippen molar-refractivity contribution < 1.29 is 0 Å². The number of fused-ring (bicyclic) bond motifs is 6. The van der Waals surface area contributed by atoms with E-state index in [2.05, 4.69) is 194 Å². The Morgan fingerprint density at radius 3 is 1.54 bits per heavy atom. The van der Waals surface area contributed by atoms with Crippen LogP contribution < -0.4 is 20.7 Å². The van der Waals surface area contributed by atoms with E-state index in [1.165, 1.54) is 59.0 Å². The second-order valence-electron chi connectivity index (χ2n) is 14.7. The van der Waals surface area contributed by atoms with Crippen LogP contribution >= 0.6 is 0 Å². The van der Waals surface area contributed by atoms with Gasteiger partial charge in [-0.1, -0.05) is 206 Å². The first-order valence-electron chi connectivity index (χ1n) is 19.4. The fourth-order valence-electron chi connectivity index (χ4n) is 9.02. The monoisotopic (exact) mass is 741 g/mol. The summed E-state index contributed by atoms with van der Waals surface area (Å²) in [6.45, 7) is 0. The molecule has 0 saturated carbocycles. The van der Waals surface area contributed by atoms with Gasteiger partial charge in [0, 0.05) is 16.7 Å². The lowest BCUT2D eigenvalue weighted by atomic mass is 9.96. The molecule has 0 radical (unpaired) electrons. The molecule has 0 spiro atoms. The van der Waals surface area contributed by atoms with Crippen LogP contribution in [-0.2, 0) is 0 Å². The van der Waals surface area contributed by atoms with Crippen LogP contribution in [0.5, 0.6) is 0 Å². The molecule has 0 amide bonds. The third kappa shape index (κ3) is 5.37. The molecule has 9 aromatic carbocycles. The van der Waals surface area contributed by atoms with Crippen LogP contribution in [0.3, 0.4) is 0 Å². The molecule has 4 heteroatoms. The van der Waals surface area contributed by atoms with Gasteiger partial charge in [-0.3, -0.25) is 0 Å². The second kappa shape index (κ2) is 13.5. The van der Waals surface area contributed by atoms with Crippen molar-refractivity contribution in [2.75, 3.05) is 0 Å². The van der Waals surface area contributed by atoms with E-state index >= 15 is 0 Å². The Balaban J connectivity index is 1.15. The van der Waals surface area contributed by atoms with Crippen molar-refractivity contribution in [1.29, 1.82) is 0 Å².